The van der Waals surface area contributed by atoms with Crippen molar-refractivity contribution in [1.29, 1.82) is 0 Å². The Morgan fingerprint density at radius 2 is 1.71 bits per heavy atom. The van der Waals surface area contributed by atoms with E-state index < -0.39 is 23.5 Å². The number of halogens is 2. The number of thiophene rings is 1. The van der Waals surface area contributed by atoms with Crippen LogP contribution >= 0.6 is 34.5 Å². The smallest absolute Gasteiger partial charge is 0.348 e. The number of hydrogen-bond donors (Lipinski definition) is 2. The molecule has 51 heavy (non-hydrogen) atoms. The molecular formula is C38H40Cl2N3O7S+. The summed E-state index contributed by atoms with van der Waals surface area (Å²) in [6.07, 6.45) is 4.13. The molecule has 4 aliphatic rings. The van der Waals surface area contributed by atoms with Crippen molar-refractivity contribution in [2.24, 2.45) is 11.8 Å². The van der Waals surface area contributed by atoms with Crippen molar-refractivity contribution in [2.45, 2.75) is 43.4 Å². The molecule has 6 heterocycles. The van der Waals surface area contributed by atoms with Gasteiger partial charge in [0.15, 0.2) is 11.5 Å². The van der Waals surface area contributed by atoms with E-state index in [-0.39, 0.29) is 28.4 Å². The average Bonchev–Trinajstić information content (AvgIpc) is 3.60. The lowest BCUT2D eigenvalue weighted by Crippen LogP contribution is -2.75. The molecule has 4 aromatic rings. The standard InChI is InChI=1S/C38H39Cl2N3O7S/c1-48-31-10-8-24(16-33(31)49-2)32(17-27-29(39)20-43(47)21-30(27)40)50-36(44)34-11-9-26(51-34)18-42-22-38(37(45)46,25-6-4-3-5-7-25)35(42)28-19-41-14-12-23(28)13-15-41/h3-11,16,20-21,23,28,32,35H,12-15,17-19,22H2,1-2H3,(H-,45,46,47)/p+1/t28-,32-,35?,38?/m0/s1. The summed E-state index contributed by atoms with van der Waals surface area (Å²) >= 11 is 14.3. The molecule has 4 aliphatic heterocycles. The van der Waals surface area contributed by atoms with Crippen LogP contribution in [-0.4, -0.2) is 78.5 Å². The Labute approximate surface area is 310 Å². The monoisotopic (exact) mass is 752 g/mol. The second-order valence-corrected chi connectivity index (χ2v) is 15.6. The van der Waals surface area contributed by atoms with Crippen molar-refractivity contribution in [3.8, 4) is 11.5 Å². The van der Waals surface area contributed by atoms with E-state index in [1.165, 1.54) is 30.8 Å². The van der Waals surface area contributed by atoms with Gasteiger partial charge in [-0.1, -0.05) is 59.6 Å². The lowest BCUT2D eigenvalue weighted by molar-refractivity contribution is -0.904. The fourth-order valence-corrected chi connectivity index (χ4v) is 9.87. The highest BCUT2D eigenvalue weighted by Gasteiger charge is 2.63. The van der Waals surface area contributed by atoms with Crippen LogP contribution in [0.2, 0.25) is 10.0 Å². The molecule has 4 atom stereocenters. The van der Waals surface area contributed by atoms with E-state index in [4.69, 9.17) is 37.4 Å². The summed E-state index contributed by atoms with van der Waals surface area (Å²) in [6, 6.07) is 18.4. The summed E-state index contributed by atoms with van der Waals surface area (Å²) in [5, 5.41) is 21.2. The minimum absolute atomic E-state index is 0.129. The second kappa shape index (κ2) is 14.6. The van der Waals surface area contributed by atoms with E-state index in [9.17, 15) is 19.9 Å². The second-order valence-electron chi connectivity index (χ2n) is 13.6. The van der Waals surface area contributed by atoms with Gasteiger partial charge in [0, 0.05) is 47.3 Å². The fourth-order valence-electron chi connectivity index (χ4n) is 8.35. The Morgan fingerprint density at radius 1 is 1.00 bits per heavy atom. The molecular weight excluding hydrogens is 713 g/mol. The van der Waals surface area contributed by atoms with Crippen LogP contribution in [0.4, 0.5) is 0 Å². The number of nitrogens with zero attached hydrogens (tertiary/aromatic N) is 3. The lowest BCUT2D eigenvalue weighted by atomic mass is 9.58. The van der Waals surface area contributed by atoms with Crippen molar-refractivity contribution in [1.82, 2.24) is 9.80 Å². The molecule has 2 bridgehead atoms. The number of carbonyl (C=O) groups is 2. The van der Waals surface area contributed by atoms with Crippen molar-refractivity contribution >= 4 is 46.5 Å². The number of hydrogen-bond acceptors (Lipinski definition) is 9. The Balaban J connectivity index is 1.14. The molecule has 0 saturated carbocycles. The maximum Gasteiger partial charge on any atom is 0.348 e. The van der Waals surface area contributed by atoms with Gasteiger partial charge >= 0.3 is 11.9 Å². The van der Waals surface area contributed by atoms with Gasteiger partial charge in [-0.25, -0.2) is 4.79 Å². The Kier molecular flexibility index (Phi) is 10.2. The van der Waals surface area contributed by atoms with Gasteiger partial charge in [0.2, 0.25) is 12.4 Å². The van der Waals surface area contributed by atoms with Crippen molar-refractivity contribution in [3.05, 3.63) is 110 Å². The van der Waals surface area contributed by atoms with Gasteiger partial charge in [-0.2, -0.15) is 0 Å². The number of esters is 1. The number of carbonyl (C=O) groups excluding carboxylic acids is 1. The maximum atomic E-state index is 13.8. The van der Waals surface area contributed by atoms with Crippen LogP contribution in [0.1, 0.15) is 50.2 Å². The van der Waals surface area contributed by atoms with E-state index in [0.29, 0.717) is 46.5 Å². The summed E-state index contributed by atoms with van der Waals surface area (Å²) in [5.41, 5.74) is 0.989. The molecule has 8 rings (SSSR count). The van der Waals surface area contributed by atoms with Gasteiger partial charge < -0.3 is 24.2 Å². The molecule has 2 aromatic heterocycles. The molecule has 0 aliphatic carbocycles. The van der Waals surface area contributed by atoms with Gasteiger partial charge in [0.1, 0.15) is 26.4 Å². The summed E-state index contributed by atoms with van der Waals surface area (Å²) in [4.78, 5) is 33.1. The number of ether oxygens (including phenoxy) is 3. The number of benzene rings is 2. The zero-order chi connectivity index (χ0) is 35.9. The number of piperidine rings is 3. The van der Waals surface area contributed by atoms with E-state index in [1.807, 2.05) is 36.4 Å². The predicted molar refractivity (Wildman–Crippen MR) is 192 cm³/mol. The lowest BCUT2D eigenvalue weighted by Gasteiger charge is -2.62. The highest BCUT2D eigenvalue weighted by Crippen LogP contribution is 2.51. The van der Waals surface area contributed by atoms with Crippen molar-refractivity contribution in [3.63, 3.8) is 0 Å². The molecule has 4 fully saturated rings. The molecule has 0 spiro atoms. The number of aromatic nitrogens is 1. The van der Waals surface area contributed by atoms with Crippen LogP contribution < -0.4 is 14.2 Å². The van der Waals surface area contributed by atoms with Gasteiger partial charge in [-0.05, 0) is 73.2 Å². The topological polar surface area (TPSA) is 113 Å². The predicted octanol–water partition coefficient (Wildman–Crippen LogP) is 6.29. The zero-order valence-corrected chi connectivity index (χ0v) is 30.7. The quantitative estimate of drug-likeness (QED) is 0.0981. The fraction of sp³-hybridized carbons (Fsp3) is 0.395. The van der Waals surface area contributed by atoms with Crippen LogP contribution in [0.15, 0.2) is 73.1 Å². The van der Waals surface area contributed by atoms with Crippen LogP contribution in [0, 0.1) is 11.8 Å². The highest BCUT2D eigenvalue weighted by molar-refractivity contribution is 7.13. The first-order chi connectivity index (χ1) is 24.6. The molecule has 0 amide bonds. The van der Waals surface area contributed by atoms with Crippen molar-refractivity contribution < 1.29 is 38.8 Å². The molecule has 2 unspecified atom stereocenters. The van der Waals surface area contributed by atoms with Gasteiger partial charge in [-0.3, -0.25) is 14.9 Å². The minimum Gasteiger partial charge on any atom is -0.493 e. The first-order valence-electron chi connectivity index (χ1n) is 17.0. The van der Waals surface area contributed by atoms with E-state index >= 15 is 0 Å². The highest BCUT2D eigenvalue weighted by atomic mass is 35.5. The number of pyridine rings is 1. The van der Waals surface area contributed by atoms with E-state index in [1.54, 1.807) is 31.4 Å². The SMILES string of the molecule is COc1ccc([C@H](Cc2c(Cl)c[n+](O)cc2Cl)OC(=O)c2ccc(CN3CC(C(=O)O)(c4ccccc4)C3[C@H]3CN4CCC3CC4)s2)cc1OC. The summed E-state index contributed by atoms with van der Waals surface area (Å²) in [7, 11) is 3.07. The third-order valence-corrected chi connectivity index (χ3v) is 12.5. The van der Waals surface area contributed by atoms with E-state index in [2.05, 4.69) is 9.80 Å². The summed E-state index contributed by atoms with van der Waals surface area (Å²) in [6.45, 7) is 3.98. The Morgan fingerprint density at radius 3 is 2.33 bits per heavy atom. The average molecular weight is 754 g/mol. The summed E-state index contributed by atoms with van der Waals surface area (Å²) < 4.78 is 17.9. The molecule has 4 saturated heterocycles. The van der Waals surface area contributed by atoms with Crippen LogP contribution in [-0.2, 0) is 27.9 Å². The Bertz CT molecular complexity index is 1900. The maximum absolute atomic E-state index is 13.8. The molecule has 10 nitrogen and oxygen atoms in total. The largest absolute Gasteiger partial charge is 0.493 e. The third-order valence-electron chi connectivity index (χ3n) is 10.8. The van der Waals surface area contributed by atoms with Gasteiger partial charge in [-0.15, -0.1) is 11.3 Å². The number of fused-ring (bicyclic) bond motifs is 3. The molecule has 13 heteroatoms. The number of carboxylic acid groups (broad SMARTS) is 1. The molecule has 2 N–H and O–H groups in total. The van der Waals surface area contributed by atoms with E-state index in [0.717, 1.165) is 47.6 Å². The van der Waals surface area contributed by atoms with Crippen molar-refractivity contribution in [2.75, 3.05) is 40.4 Å². The number of carboxylic acids is 1. The van der Waals surface area contributed by atoms with Gasteiger partial charge in [0.25, 0.3) is 0 Å². The third kappa shape index (κ3) is 6.78. The normalized spacial score (nSPS) is 24.8. The number of methoxy groups -OCH3 is 2. The number of likely N-dealkylation sites (tertiary alicyclic amines) is 1. The first kappa shape index (κ1) is 35.5. The Hall–Kier alpha value is -3.87. The van der Waals surface area contributed by atoms with Crippen LogP contribution in [0.5, 0.6) is 11.5 Å². The first-order valence-corrected chi connectivity index (χ1v) is 18.5. The summed E-state index contributed by atoms with van der Waals surface area (Å²) in [5.74, 6) is 0.410. The number of aliphatic carboxylic acids is 1. The number of rotatable bonds is 12. The van der Waals surface area contributed by atoms with Gasteiger partial charge in [0.05, 0.1) is 14.2 Å². The molecule has 0 radical (unpaired) electrons. The molecule has 268 valence electrons. The minimum atomic E-state index is -0.995. The van der Waals surface area contributed by atoms with Crippen LogP contribution in [0.3, 0.4) is 0 Å². The zero-order valence-electron chi connectivity index (χ0n) is 28.3. The van der Waals surface area contributed by atoms with Crippen LogP contribution in [0.25, 0.3) is 0 Å². The molecule has 2 aromatic carbocycles.